The molecule has 5 aromatic rings. The topological polar surface area (TPSA) is 94.7 Å². The second-order valence-electron chi connectivity index (χ2n) is 10.9. The fourth-order valence-corrected chi connectivity index (χ4v) is 5.50. The lowest BCUT2D eigenvalue weighted by molar-refractivity contribution is -0.132. The van der Waals surface area contributed by atoms with Crippen molar-refractivity contribution in [1.82, 2.24) is 14.8 Å². The van der Waals surface area contributed by atoms with E-state index >= 15 is 0 Å². The molecular weight excluding hydrogens is 559 g/mol. The number of carbonyl (C=O) groups is 3. The molecule has 0 saturated carbocycles. The molecule has 0 bridgehead atoms. The Morgan fingerprint density at radius 1 is 0.841 bits per heavy atom. The van der Waals surface area contributed by atoms with Gasteiger partial charge in [0.05, 0.1) is 5.52 Å². The van der Waals surface area contributed by atoms with Gasteiger partial charge in [0.25, 0.3) is 5.91 Å². The molecule has 0 radical (unpaired) electrons. The highest BCUT2D eigenvalue weighted by molar-refractivity contribution is 6.02. The Morgan fingerprint density at radius 3 is 2.18 bits per heavy atom. The number of anilines is 1. The van der Waals surface area contributed by atoms with E-state index < -0.39 is 17.6 Å². The van der Waals surface area contributed by atoms with Crippen molar-refractivity contribution in [2.45, 2.75) is 18.9 Å². The molecule has 4 aromatic carbocycles. The number of aromatic nitrogens is 1. The van der Waals surface area contributed by atoms with Crippen LogP contribution >= 0.6 is 0 Å². The first kappa shape index (κ1) is 28.7. The fraction of sp³-hybridized carbons (Fsp3) is 0.171. The van der Waals surface area contributed by atoms with Crippen LogP contribution in [0.3, 0.4) is 0 Å². The van der Waals surface area contributed by atoms with Gasteiger partial charge in [-0.2, -0.15) is 0 Å². The summed E-state index contributed by atoms with van der Waals surface area (Å²) in [7, 11) is 1.72. The highest BCUT2D eigenvalue weighted by atomic mass is 19.1. The van der Waals surface area contributed by atoms with Gasteiger partial charge in [-0.15, -0.1) is 0 Å². The van der Waals surface area contributed by atoms with Crippen molar-refractivity contribution >= 4 is 34.3 Å². The van der Waals surface area contributed by atoms with Crippen LogP contribution in [0.5, 0.6) is 11.5 Å². The average Bonchev–Trinajstić information content (AvgIpc) is 3.67. The Hall–Kier alpha value is -5.44. The van der Waals surface area contributed by atoms with Gasteiger partial charge in [-0.05, 0) is 72.5 Å². The van der Waals surface area contributed by atoms with Crippen LogP contribution in [-0.4, -0.2) is 58.7 Å². The summed E-state index contributed by atoms with van der Waals surface area (Å²) in [6.07, 6.45) is 1.44. The summed E-state index contributed by atoms with van der Waals surface area (Å²) in [5, 5.41) is 3.31. The fourth-order valence-electron chi connectivity index (χ4n) is 5.50. The monoisotopic (exact) mass is 590 g/mol. The van der Waals surface area contributed by atoms with E-state index in [1.165, 1.54) is 28.2 Å². The summed E-state index contributed by atoms with van der Waals surface area (Å²) in [5.41, 5.74) is 3.17. The molecule has 222 valence electrons. The van der Waals surface area contributed by atoms with Crippen LogP contribution in [0.15, 0.2) is 103 Å². The Bertz CT molecular complexity index is 1800. The molecule has 0 atom stereocenters. The third-order valence-corrected chi connectivity index (χ3v) is 7.87. The first-order valence-corrected chi connectivity index (χ1v) is 14.4. The van der Waals surface area contributed by atoms with Crippen LogP contribution in [0.2, 0.25) is 0 Å². The number of fused-ring (bicyclic) bond motifs is 2. The highest BCUT2D eigenvalue weighted by Crippen LogP contribution is 2.26. The second kappa shape index (κ2) is 12.4. The van der Waals surface area contributed by atoms with Gasteiger partial charge in [0.2, 0.25) is 11.8 Å². The molecule has 8 nitrogen and oxygen atoms in total. The number of aromatic amines is 1. The van der Waals surface area contributed by atoms with Crippen molar-refractivity contribution in [3.8, 4) is 11.5 Å². The molecule has 9 heteroatoms. The molecule has 1 aliphatic carbocycles. The third kappa shape index (κ3) is 6.32. The van der Waals surface area contributed by atoms with Crippen molar-refractivity contribution < 1.29 is 23.5 Å². The first-order valence-electron chi connectivity index (χ1n) is 14.4. The highest BCUT2D eigenvalue weighted by Gasteiger charge is 2.30. The summed E-state index contributed by atoms with van der Waals surface area (Å²) >= 11 is 0. The summed E-state index contributed by atoms with van der Waals surface area (Å²) < 4.78 is 20.2. The summed E-state index contributed by atoms with van der Waals surface area (Å²) in [6.45, 7) is -0.708. The smallest absolute Gasteiger partial charge is 0.271 e. The zero-order chi connectivity index (χ0) is 30.6. The number of benzene rings is 4. The number of halogens is 1. The molecular formula is C35H31FN4O4. The number of nitrogens with one attached hydrogen (secondary N) is 2. The molecule has 1 heterocycles. The summed E-state index contributed by atoms with van der Waals surface area (Å²) in [5.74, 6) is -0.582. The number of para-hydroxylation sites is 2. The number of carbonyl (C=O) groups excluding carboxylic acids is 3. The molecule has 1 aromatic heterocycles. The Kier molecular flexibility index (Phi) is 8.10. The van der Waals surface area contributed by atoms with Crippen LogP contribution < -0.4 is 10.1 Å². The van der Waals surface area contributed by atoms with E-state index in [4.69, 9.17) is 4.74 Å². The molecule has 0 fully saturated rings. The lowest BCUT2D eigenvalue weighted by atomic mass is 10.1. The van der Waals surface area contributed by atoms with E-state index in [0.29, 0.717) is 22.6 Å². The van der Waals surface area contributed by atoms with Crippen molar-refractivity contribution in [3.05, 3.63) is 126 Å². The van der Waals surface area contributed by atoms with Gasteiger partial charge in [-0.1, -0.05) is 54.6 Å². The minimum Gasteiger partial charge on any atom is -0.457 e. The number of ether oxygens (including phenoxy) is 1. The number of rotatable bonds is 9. The number of hydrogen-bond acceptors (Lipinski definition) is 4. The normalized spacial score (nSPS) is 12.5. The minimum absolute atomic E-state index is 0.0514. The van der Waals surface area contributed by atoms with Crippen molar-refractivity contribution in [2.75, 3.05) is 25.5 Å². The largest absolute Gasteiger partial charge is 0.457 e. The van der Waals surface area contributed by atoms with Gasteiger partial charge < -0.3 is 24.8 Å². The minimum atomic E-state index is -0.584. The quantitative estimate of drug-likeness (QED) is 0.227. The number of H-pyrrole nitrogens is 1. The molecule has 1 aliphatic rings. The van der Waals surface area contributed by atoms with Gasteiger partial charge in [-0.3, -0.25) is 14.4 Å². The van der Waals surface area contributed by atoms with Crippen molar-refractivity contribution in [1.29, 1.82) is 0 Å². The Balaban J connectivity index is 1.17. The molecule has 0 aliphatic heterocycles. The predicted molar refractivity (Wildman–Crippen MR) is 166 cm³/mol. The molecule has 0 saturated heterocycles. The zero-order valence-corrected chi connectivity index (χ0v) is 24.1. The van der Waals surface area contributed by atoms with Crippen LogP contribution in [-0.2, 0) is 22.4 Å². The SMILES string of the molecule is CN(C(=O)CN(CC(=O)Nc1ccc(Oc2ccccc2)cc1)C(=O)c1cc2cccc(F)c2[nH]1)C1Cc2ccccc2C1. The molecule has 44 heavy (non-hydrogen) atoms. The second-order valence-corrected chi connectivity index (χ2v) is 10.9. The van der Waals surface area contributed by atoms with E-state index in [2.05, 4.69) is 22.4 Å². The maximum absolute atomic E-state index is 14.4. The zero-order valence-electron chi connectivity index (χ0n) is 24.1. The molecule has 0 spiro atoms. The standard InChI is InChI=1S/C35H31FN4O4/c1-39(27-18-23-8-5-6-9-24(23)19-27)33(42)22-40(35(43)31-20-25-10-7-13-30(36)34(25)38-31)21-32(41)37-26-14-16-29(17-15-26)44-28-11-3-2-4-12-28/h2-17,20,27,38H,18-19,21-22H2,1H3,(H,37,41). The molecule has 2 N–H and O–H groups in total. The van der Waals surface area contributed by atoms with E-state index in [9.17, 15) is 18.8 Å². The third-order valence-electron chi connectivity index (χ3n) is 7.87. The van der Waals surface area contributed by atoms with Gasteiger partial charge >= 0.3 is 0 Å². The number of hydrogen-bond donors (Lipinski definition) is 2. The van der Waals surface area contributed by atoms with Gasteiger partial charge in [0, 0.05) is 24.2 Å². The van der Waals surface area contributed by atoms with Gasteiger partial charge in [0.1, 0.15) is 36.1 Å². The number of amides is 3. The molecule has 6 rings (SSSR count). The first-order chi connectivity index (χ1) is 21.3. The van der Waals surface area contributed by atoms with E-state index in [1.54, 1.807) is 48.3 Å². The maximum atomic E-state index is 14.4. The van der Waals surface area contributed by atoms with Gasteiger partial charge in [0.15, 0.2) is 0 Å². The lowest BCUT2D eigenvalue weighted by Crippen LogP contribution is -2.47. The van der Waals surface area contributed by atoms with Crippen LogP contribution in [0.1, 0.15) is 21.6 Å². The predicted octanol–water partition coefficient (Wildman–Crippen LogP) is 5.81. The molecule has 0 unspecified atom stereocenters. The summed E-state index contributed by atoms with van der Waals surface area (Å²) in [4.78, 5) is 46.0. The van der Waals surface area contributed by atoms with Crippen molar-refractivity contribution in [3.63, 3.8) is 0 Å². The van der Waals surface area contributed by atoms with E-state index in [1.807, 2.05) is 42.5 Å². The van der Waals surface area contributed by atoms with Crippen LogP contribution in [0.4, 0.5) is 10.1 Å². The van der Waals surface area contributed by atoms with E-state index in [0.717, 1.165) is 12.8 Å². The maximum Gasteiger partial charge on any atom is 0.271 e. The van der Waals surface area contributed by atoms with Crippen LogP contribution in [0, 0.1) is 5.82 Å². The van der Waals surface area contributed by atoms with Gasteiger partial charge in [-0.25, -0.2) is 4.39 Å². The Labute approximate surface area is 254 Å². The van der Waals surface area contributed by atoms with Crippen molar-refractivity contribution in [2.24, 2.45) is 0 Å². The van der Waals surface area contributed by atoms with Crippen LogP contribution in [0.25, 0.3) is 10.9 Å². The lowest BCUT2D eigenvalue weighted by Gasteiger charge is -2.28. The summed E-state index contributed by atoms with van der Waals surface area (Å²) in [6, 6.07) is 30.3. The van der Waals surface area contributed by atoms with E-state index in [-0.39, 0.29) is 36.2 Å². The number of likely N-dealkylation sites (N-methyl/N-ethyl adjacent to an activating group) is 1. The Morgan fingerprint density at radius 2 is 1.50 bits per heavy atom. The number of nitrogens with zero attached hydrogens (tertiary/aromatic N) is 2. The molecule has 3 amide bonds. The average molecular weight is 591 g/mol.